The monoisotopic (exact) mass is 395 g/mol. The van der Waals surface area contributed by atoms with Gasteiger partial charge in [0.05, 0.1) is 14.2 Å². The molecule has 11 heteroatoms. The highest BCUT2D eigenvalue weighted by Crippen LogP contribution is 2.36. The molecule has 0 saturated carbocycles. The molecular formula is C16H18F5N3O3. The smallest absolute Gasteiger partial charge is 0.457 e. The number of nitrogens with zero attached hydrogens (tertiary/aromatic N) is 3. The van der Waals surface area contributed by atoms with Gasteiger partial charge < -0.3 is 19.3 Å². The van der Waals surface area contributed by atoms with Gasteiger partial charge in [-0.25, -0.2) is 0 Å². The van der Waals surface area contributed by atoms with E-state index < -0.39 is 24.1 Å². The van der Waals surface area contributed by atoms with E-state index in [2.05, 4.69) is 4.98 Å². The Morgan fingerprint density at radius 1 is 1.04 bits per heavy atom. The van der Waals surface area contributed by atoms with Crippen LogP contribution in [0.3, 0.4) is 0 Å². The second kappa shape index (κ2) is 7.97. The molecule has 27 heavy (non-hydrogen) atoms. The molecule has 0 bridgehead atoms. The Morgan fingerprint density at radius 3 is 2.00 bits per heavy atom. The van der Waals surface area contributed by atoms with Crippen LogP contribution in [0.25, 0.3) is 0 Å². The van der Waals surface area contributed by atoms with E-state index in [1.165, 1.54) is 19.1 Å². The molecule has 0 spiro atoms. The lowest BCUT2D eigenvalue weighted by Gasteiger charge is -2.35. The van der Waals surface area contributed by atoms with Crippen LogP contribution in [0.2, 0.25) is 0 Å². The van der Waals surface area contributed by atoms with Crippen molar-refractivity contribution in [3.8, 4) is 11.8 Å². The van der Waals surface area contributed by atoms with Gasteiger partial charge in [-0.2, -0.15) is 26.9 Å². The van der Waals surface area contributed by atoms with Gasteiger partial charge in [-0.3, -0.25) is 4.79 Å². The third kappa shape index (κ3) is 4.98. The zero-order valence-electron chi connectivity index (χ0n) is 14.6. The first-order chi connectivity index (χ1) is 12.6. The fraction of sp³-hybridized carbons (Fsp3) is 0.500. The van der Waals surface area contributed by atoms with Crippen LogP contribution < -0.4 is 14.4 Å². The molecule has 150 valence electrons. The summed E-state index contributed by atoms with van der Waals surface area (Å²) in [5, 5.41) is 0. The number of anilines is 1. The zero-order valence-corrected chi connectivity index (χ0v) is 14.6. The summed E-state index contributed by atoms with van der Waals surface area (Å²) in [7, 11) is 2.90. The third-order valence-electron chi connectivity index (χ3n) is 3.95. The van der Waals surface area contributed by atoms with Gasteiger partial charge in [-0.05, 0) is 6.08 Å². The maximum absolute atomic E-state index is 12.9. The lowest BCUT2D eigenvalue weighted by molar-refractivity contribution is -0.259. The molecule has 1 aliphatic rings. The van der Waals surface area contributed by atoms with Crippen molar-refractivity contribution >= 4 is 11.6 Å². The molecule has 0 unspecified atom stereocenters. The van der Waals surface area contributed by atoms with Crippen LogP contribution in [0.15, 0.2) is 24.3 Å². The molecule has 1 aliphatic heterocycles. The standard InChI is InChI=1S/C16H18F5N3O3/c1-26-12-9-11(10-13(22-12)27-2)23-5-7-24(8-6-23)14(25)3-4-15(17,18)16(19,20)21/h3-4,9-10H,5-8H2,1-2H3/b4-3+. The summed E-state index contributed by atoms with van der Waals surface area (Å²) in [5.41, 5.74) is 0.727. The first-order valence-electron chi connectivity index (χ1n) is 7.85. The molecule has 1 aromatic rings. The molecule has 2 rings (SSSR count). The molecule has 1 saturated heterocycles. The lowest BCUT2D eigenvalue weighted by Crippen LogP contribution is -2.48. The molecule has 1 aromatic heterocycles. The summed E-state index contributed by atoms with van der Waals surface area (Å²) in [6.45, 7) is 1.03. The van der Waals surface area contributed by atoms with E-state index in [0.717, 1.165) is 5.69 Å². The molecule has 0 aliphatic carbocycles. The highest BCUT2D eigenvalue weighted by molar-refractivity contribution is 5.88. The van der Waals surface area contributed by atoms with Crippen LogP contribution in [0, 0.1) is 0 Å². The summed E-state index contributed by atoms with van der Waals surface area (Å²) < 4.78 is 72.3. The van der Waals surface area contributed by atoms with Crippen molar-refractivity contribution in [2.45, 2.75) is 12.1 Å². The van der Waals surface area contributed by atoms with Gasteiger partial charge in [0, 0.05) is 50.1 Å². The van der Waals surface area contributed by atoms with Gasteiger partial charge in [0.1, 0.15) is 0 Å². The number of pyridine rings is 1. The second-order valence-electron chi connectivity index (χ2n) is 5.68. The fourth-order valence-electron chi connectivity index (χ4n) is 2.42. The molecule has 1 amide bonds. The number of allylic oxidation sites excluding steroid dienone is 1. The van der Waals surface area contributed by atoms with E-state index in [4.69, 9.17) is 9.47 Å². The summed E-state index contributed by atoms with van der Waals surface area (Å²) in [6, 6.07) is 3.34. The fourth-order valence-corrected chi connectivity index (χ4v) is 2.42. The van der Waals surface area contributed by atoms with E-state index in [-0.39, 0.29) is 19.2 Å². The Morgan fingerprint density at radius 2 is 1.56 bits per heavy atom. The Labute approximate surface area is 152 Å². The van der Waals surface area contributed by atoms with Crippen LogP contribution in [0.5, 0.6) is 11.8 Å². The Balaban J connectivity index is 2.00. The van der Waals surface area contributed by atoms with Crippen LogP contribution in [0.4, 0.5) is 27.6 Å². The normalized spacial score (nSPS) is 16.0. The highest BCUT2D eigenvalue weighted by atomic mass is 19.4. The first kappa shape index (κ1) is 20.7. The number of piperazine rings is 1. The number of alkyl halides is 5. The van der Waals surface area contributed by atoms with Gasteiger partial charge in [0.2, 0.25) is 17.7 Å². The number of carbonyl (C=O) groups excluding carboxylic acids is 1. The number of aromatic nitrogens is 1. The molecular weight excluding hydrogens is 377 g/mol. The minimum Gasteiger partial charge on any atom is -0.481 e. The number of carbonyl (C=O) groups is 1. The van der Waals surface area contributed by atoms with E-state index in [9.17, 15) is 26.7 Å². The minimum atomic E-state index is -5.73. The third-order valence-corrected chi connectivity index (χ3v) is 3.95. The number of rotatable bonds is 5. The van der Waals surface area contributed by atoms with Gasteiger partial charge >= 0.3 is 12.1 Å². The molecule has 0 N–H and O–H groups in total. The van der Waals surface area contributed by atoms with Crippen molar-refractivity contribution in [2.24, 2.45) is 0 Å². The number of hydrogen-bond donors (Lipinski definition) is 0. The average molecular weight is 395 g/mol. The van der Waals surface area contributed by atoms with Crippen LogP contribution in [-0.4, -0.2) is 68.3 Å². The molecule has 6 nitrogen and oxygen atoms in total. The molecule has 1 fully saturated rings. The summed E-state index contributed by atoms with van der Waals surface area (Å²) in [6.07, 6.45) is -5.89. The largest absolute Gasteiger partial charge is 0.481 e. The molecule has 2 heterocycles. The summed E-state index contributed by atoms with van der Waals surface area (Å²) in [5.74, 6) is -5.28. The van der Waals surface area contributed by atoms with Crippen molar-refractivity contribution in [2.75, 3.05) is 45.3 Å². The summed E-state index contributed by atoms with van der Waals surface area (Å²) >= 11 is 0. The summed E-state index contributed by atoms with van der Waals surface area (Å²) in [4.78, 5) is 19.1. The predicted octanol–water partition coefficient (Wildman–Crippen LogP) is 2.50. The van der Waals surface area contributed by atoms with Gasteiger partial charge in [-0.1, -0.05) is 0 Å². The number of methoxy groups -OCH3 is 2. The molecule has 0 radical (unpaired) electrons. The predicted molar refractivity (Wildman–Crippen MR) is 86.3 cm³/mol. The van der Waals surface area contributed by atoms with E-state index in [0.29, 0.717) is 24.8 Å². The first-order valence-corrected chi connectivity index (χ1v) is 7.85. The Hall–Kier alpha value is -2.59. The zero-order chi connectivity index (χ0) is 20.2. The second-order valence-corrected chi connectivity index (χ2v) is 5.68. The number of amides is 1. The van der Waals surface area contributed by atoms with Crippen molar-refractivity contribution in [1.29, 1.82) is 0 Å². The van der Waals surface area contributed by atoms with Crippen molar-refractivity contribution in [3.63, 3.8) is 0 Å². The van der Waals surface area contributed by atoms with Crippen LogP contribution in [-0.2, 0) is 4.79 Å². The number of halogens is 5. The van der Waals surface area contributed by atoms with E-state index in [1.54, 1.807) is 12.1 Å². The van der Waals surface area contributed by atoms with Gasteiger partial charge in [0.15, 0.2) is 0 Å². The number of hydrogen-bond acceptors (Lipinski definition) is 5. The minimum absolute atomic E-state index is 0.160. The topological polar surface area (TPSA) is 54.9 Å². The SMILES string of the molecule is COc1cc(N2CCN(C(=O)/C=C/C(F)(F)C(F)(F)F)CC2)cc(OC)n1. The highest BCUT2D eigenvalue weighted by Gasteiger charge is 2.55. The molecule has 0 aromatic carbocycles. The van der Waals surface area contributed by atoms with Crippen molar-refractivity contribution in [1.82, 2.24) is 9.88 Å². The van der Waals surface area contributed by atoms with E-state index >= 15 is 0 Å². The average Bonchev–Trinajstić information content (AvgIpc) is 2.64. The maximum Gasteiger partial charge on any atom is 0.457 e. The van der Waals surface area contributed by atoms with Crippen LogP contribution >= 0.6 is 0 Å². The quantitative estimate of drug-likeness (QED) is 0.567. The van der Waals surface area contributed by atoms with Crippen molar-refractivity contribution < 1.29 is 36.2 Å². The lowest BCUT2D eigenvalue weighted by atomic mass is 10.2. The number of ether oxygens (including phenoxy) is 2. The van der Waals surface area contributed by atoms with Gasteiger partial charge in [-0.15, -0.1) is 0 Å². The Bertz CT molecular complexity index is 679. The Kier molecular flexibility index (Phi) is 6.11. The van der Waals surface area contributed by atoms with Crippen LogP contribution in [0.1, 0.15) is 0 Å². The van der Waals surface area contributed by atoms with E-state index in [1.807, 2.05) is 4.90 Å². The maximum atomic E-state index is 12.9. The van der Waals surface area contributed by atoms with Crippen molar-refractivity contribution in [3.05, 3.63) is 24.3 Å². The van der Waals surface area contributed by atoms with Gasteiger partial charge in [0.25, 0.3) is 0 Å². The molecule has 0 atom stereocenters.